The van der Waals surface area contributed by atoms with Gasteiger partial charge in [-0.25, -0.2) is 4.39 Å². The Labute approximate surface area is 75.4 Å². The highest BCUT2D eigenvalue weighted by Gasteiger charge is 2.16. The molecule has 1 saturated heterocycles. The predicted molar refractivity (Wildman–Crippen MR) is 51.1 cm³/mol. The molecule has 1 fully saturated rings. The molecule has 1 nitrogen and oxygen atoms in total. The smallest absolute Gasteiger partial charge is 0.123 e. The molecule has 1 N–H and O–H groups in total. The maximum Gasteiger partial charge on any atom is 0.123 e. The molecule has 1 aromatic rings. The monoisotopic (exact) mass is 183 g/mol. The van der Waals surface area contributed by atoms with Crippen LogP contribution in [0.5, 0.6) is 0 Å². The van der Waals surface area contributed by atoms with Crippen LogP contribution >= 0.6 is 11.8 Å². The Hall–Kier alpha value is -0.700. The topological polar surface area (TPSA) is 12.0 Å². The lowest BCUT2D eigenvalue weighted by molar-refractivity contribution is 0.628. The highest BCUT2D eigenvalue weighted by atomic mass is 32.2. The maximum absolute atomic E-state index is 12.5. The van der Waals surface area contributed by atoms with Crippen molar-refractivity contribution in [2.45, 2.75) is 6.04 Å². The van der Waals surface area contributed by atoms with Gasteiger partial charge in [0.25, 0.3) is 0 Å². The molecule has 12 heavy (non-hydrogen) atoms. The lowest BCUT2D eigenvalue weighted by atomic mass is 10.3. The largest absolute Gasteiger partial charge is 0.381 e. The van der Waals surface area contributed by atoms with E-state index in [0.717, 1.165) is 17.2 Å². The van der Waals surface area contributed by atoms with Gasteiger partial charge in [-0.15, -0.1) is 0 Å². The molecule has 3 heteroatoms. The van der Waals surface area contributed by atoms with Crippen molar-refractivity contribution in [3.05, 3.63) is 30.1 Å². The number of thioether (sulfide) groups is 1. The van der Waals surface area contributed by atoms with E-state index in [4.69, 9.17) is 0 Å². The highest BCUT2D eigenvalue weighted by molar-refractivity contribution is 8.00. The predicted octanol–water partition coefficient (Wildman–Crippen LogP) is 2.35. The van der Waals surface area contributed by atoms with E-state index in [1.807, 2.05) is 11.8 Å². The number of rotatable bonds is 2. The number of halogens is 1. The van der Waals surface area contributed by atoms with E-state index in [0.29, 0.717) is 6.04 Å². The van der Waals surface area contributed by atoms with Crippen molar-refractivity contribution in [3.63, 3.8) is 0 Å². The Morgan fingerprint density at radius 3 is 2.42 bits per heavy atom. The summed E-state index contributed by atoms with van der Waals surface area (Å²) in [6.07, 6.45) is 0. The first-order valence-electron chi connectivity index (χ1n) is 3.94. The van der Waals surface area contributed by atoms with E-state index in [2.05, 4.69) is 5.32 Å². The molecular weight excluding hydrogens is 173 g/mol. The van der Waals surface area contributed by atoms with Crippen LogP contribution in [0.2, 0.25) is 0 Å². The number of hydrogen-bond acceptors (Lipinski definition) is 2. The average Bonchev–Trinajstić information content (AvgIpc) is 2.00. The molecule has 1 aromatic carbocycles. The second-order valence-electron chi connectivity index (χ2n) is 2.89. The zero-order chi connectivity index (χ0) is 8.39. The third kappa shape index (κ3) is 1.72. The van der Waals surface area contributed by atoms with Crippen LogP contribution in [0.15, 0.2) is 24.3 Å². The first kappa shape index (κ1) is 7.92. The Morgan fingerprint density at radius 1 is 1.25 bits per heavy atom. The number of nitrogens with one attached hydrogen (secondary N) is 1. The summed E-state index contributed by atoms with van der Waals surface area (Å²) in [6.45, 7) is 0. The van der Waals surface area contributed by atoms with Crippen molar-refractivity contribution in [1.82, 2.24) is 0 Å². The summed E-state index contributed by atoms with van der Waals surface area (Å²) in [4.78, 5) is 0. The van der Waals surface area contributed by atoms with E-state index >= 15 is 0 Å². The first-order valence-corrected chi connectivity index (χ1v) is 5.10. The molecule has 0 atom stereocenters. The van der Waals surface area contributed by atoms with Gasteiger partial charge >= 0.3 is 0 Å². The van der Waals surface area contributed by atoms with Crippen LogP contribution in [0, 0.1) is 5.82 Å². The van der Waals surface area contributed by atoms with E-state index in [1.165, 1.54) is 12.1 Å². The second kappa shape index (κ2) is 3.35. The minimum atomic E-state index is -0.177. The summed E-state index contributed by atoms with van der Waals surface area (Å²) in [5.74, 6) is 2.15. The molecule has 1 aliphatic rings. The van der Waals surface area contributed by atoms with Crippen molar-refractivity contribution < 1.29 is 4.39 Å². The fourth-order valence-corrected chi connectivity index (χ4v) is 1.74. The Kier molecular flexibility index (Phi) is 2.21. The van der Waals surface area contributed by atoms with Crippen LogP contribution in [0.4, 0.5) is 10.1 Å². The molecule has 0 bridgehead atoms. The third-order valence-corrected chi connectivity index (χ3v) is 3.13. The summed E-state index contributed by atoms with van der Waals surface area (Å²) in [7, 11) is 0. The van der Waals surface area contributed by atoms with Crippen LogP contribution in [0.25, 0.3) is 0 Å². The van der Waals surface area contributed by atoms with Gasteiger partial charge in [-0.2, -0.15) is 11.8 Å². The van der Waals surface area contributed by atoms with Gasteiger partial charge in [0.15, 0.2) is 0 Å². The fourth-order valence-electron chi connectivity index (χ4n) is 1.10. The zero-order valence-corrected chi connectivity index (χ0v) is 7.40. The number of hydrogen-bond donors (Lipinski definition) is 1. The number of benzene rings is 1. The normalized spacial score (nSPS) is 17.1. The standard InChI is InChI=1S/C9H10FNS/c10-7-1-3-8(4-2-7)11-9-5-12-6-9/h1-4,9,11H,5-6H2. The van der Waals surface area contributed by atoms with Crippen molar-refractivity contribution in [2.24, 2.45) is 0 Å². The third-order valence-electron chi connectivity index (χ3n) is 1.85. The van der Waals surface area contributed by atoms with E-state index in [-0.39, 0.29) is 5.82 Å². The van der Waals surface area contributed by atoms with Gasteiger partial charge in [0.1, 0.15) is 5.82 Å². The highest BCUT2D eigenvalue weighted by Crippen LogP contribution is 2.21. The molecule has 0 radical (unpaired) electrons. The molecule has 0 spiro atoms. The van der Waals surface area contributed by atoms with Crippen molar-refractivity contribution in [2.75, 3.05) is 16.8 Å². The summed E-state index contributed by atoms with van der Waals surface area (Å²) in [5.41, 5.74) is 1.02. The fraction of sp³-hybridized carbons (Fsp3) is 0.333. The lowest BCUT2D eigenvalue weighted by Gasteiger charge is -2.26. The molecule has 1 heterocycles. The second-order valence-corrected chi connectivity index (χ2v) is 3.96. The van der Waals surface area contributed by atoms with E-state index in [9.17, 15) is 4.39 Å². The van der Waals surface area contributed by atoms with Crippen molar-refractivity contribution in [1.29, 1.82) is 0 Å². The molecular formula is C9H10FNS. The van der Waals surface area contributed by atoms with Crippen LogP contribution in [0.3, 0.4) is 0 Å². The van der Waals surface area contributed by atoms with Gasteiger partial charge in [0.2, 0.25) is 0 Å². The quantitative estimate of drug-likeness (QED) is 0.755. The molecule has 64 valence electrons. The molecule has 0 unspecified atom stereocenters. The SMILES string of the molecule is Fc1ccc(NC2CSC2)cc1. The maximum atomic E-state index is 12.5. The van der Waals surface area contributed by atoms with Crippen LogP contribution < -0.4 is 5.32 Å². The Morgan fingerprint density at radius 2 is 1.92 bits per heavy atom. The summed E-state index contributed by atoms with van der Waals surface area (Å²) in [5, 5.41) is 3.32. The molecule has 1 aliphatic heterocycles. The van der Waals surface area contributed by atoms with Gasteiger partial charge in [-0.05, 0) is 24.3 Å². The molecule has 0 amide bonds. The van der Waals surface area contributed by atoms with Gasteiger partial charge in [0.05, 0.1) is 0 Å². The van der Waals surface area contributed by atoms with Crippen molar-refractivity contribution in [3.8, 4) is 0 Å². The van der Waals surface area contributed by atoms with E-state index < -0.39 is 0 Å². The lowest BCUT2D eigenvalue weighted by Crippen LogP contribution is -2.33. The molecule has 2 rings (SSSR count). The molecule has 0 aromatic heterocycles. The van der Waals surface area contributed by atoms with Crippen LogP contribution in [-0.4, -0.2) is 17.5 Å². The van der Waals surface area contributed by atoms with Gasteiger partial charge in [-0.1, -0.05) is 0 Å². The minimum absolute atomic E-state index is 0.177. The summed E-state index contributed by atoms with van der Waals surface area (Å²) in [6, 6.07) is 7.10. The molecule has 0 saturated carbocycles. The van der Waals surface area contributed by atoms with Gasteiger partial charge < -0.3 is 5.32 Å². The van der Waals surface area contributed by atoms with E-state index in [1.54, 1.807) is 12.1 Å². The van der Waals surface area contributed by atoms with Crippen LogP contribution in [0.1, 0.15) is 0 Å². The van der Waals surface area contributed by atoms with Gasteiger partial charge in [-0.3, -0.25) is 0 Å². The summed E-state index contributed by atoms with van der Waals surface area (Å²) >= 11 is 1.93. The zero-order valence-electron chi connectivity index (χ0n) is 6.59. The first-order chi connectivity index (χ1) is 5.84. The Bertz CT molecular complexity index is 256. The van der Waals surface area contributed by atoms with Gasteiger partial charge in [0, 0.05) is 23.2 Å². The average molecular weight is 183 g/mol. The van der Waals surface area contributed by atoms with Crippen LogP contribution in [-0.2, 0) is 0 Å². The van der Waals surface area contributed by atoms with Crippen molar-refractivity contribution >= 4 is 17.4 Å². The Balaban J connectivity index is 1.98. The molecule has 0 aliphatic carbocycles. The number of anilines is 1. The summed E-state index contributed by atoms with van der Waals surface area (Å²) < 4.78 is 12.5. The minimum Gasteiger partial charge on any atom is -0.381 e.